The first-order valence-corrected chi connectivity index (χ1v) is 11.2. The fourth-order valence-corrected chi connectivity index (χ4v) is 6.24. The number of hydrogen-bond donors (Lipinski definition) is 2. The van der Waals surface area contributed by atoms with Crippen LogP contribution < -0.4 is 10.9 Å². The molecule has 4 rings (SSSR count). The first-order chi connectivity index (χ1) is 12.5. The Bertz CT molecular complexity index is 883. The zero-order valence-electron chi connectivity index (χ0n) is 15.3. The molecule has 2 aliphatic carbocycles. The van der Waals surface area contributed by atoms with Gasteiger partial charge in [-0.15, -0.1) is 11.3 Å². The summed E-state index contributed by atoms with van der Waals surface area (Å²) in [6.45, 7) is 4.14. The van der Waals surface area contributed by atoms with Gasteiger partial charge >= 0.3 is 0 Å². The predicted octanol–water partition coefficient (Wildman–Crippen LogP) is 3.65. The van der Waals surface area contributed by atoms with Gasteiger partial charge in [-0.3, -0.25) is 9.59 Å². The number of nitrogens with zero attached hydrogens (tertiary/aromatic N) is 1. The van der Waals surface area contributed by atoms with Gasteiger partial charge in [0.2, 0.25) is 5.91 Å². The van der Waals surface area contributed by atoms with Crippen LogP contribution >= 0.6 is 23.1 Å². The van der Waals surface area contributed by atoms with Crippen molar-refractivity contribution >= 4 is 39.2 Å². The maximum atomic E-state index is 12.6. The van der Waals surface area contributed by atoms with Crippen LogP contribution in [0.4, 0.5) is 0 Å². The molecule has 1 fully saturated rings. The standard InChI is InChI=1S/C19H25N3O2S2/c1-10-7-8-13-14(9-10)26-18-15(13)17(24)21-19(22-18)25-11(2)16(23)20-12-5-3-4-6-12/h10-12H,3-9H2,1-2H3,(H,20,23)(H,21,22,24)/t10-,11-/m1/s1. The second-order valence-corrected chi connectivity index (χ2v) is 10.1. The van der Waals surface area contributed by atoms with E-state index < -0.39 is 0 Å². The highest BCUT2D eigenvalue weighted by molar-refractivity contribution is 8.00. The molecular weight excluding hydrogens is 366 g/mol. The van der Waals surface area contributed by atoms with E-state index in [0.29, 0.717) is 17.1 Å². The monoisotopic (exact) mass is 391 g/mol. The molecule has 5 nitrogen and oxygen atoms in total. The van der Waals surface area contributed by atoms with Crippen LogP contribution in [0.3, 0.4) is 0 Å². The Kier molecular flexibility index (Phi) is 5.10. The molecule has 1 saturated carbocycles. The Morgan fingerprint density at radius 2 is 2.12 bits per heavy atom. The highest BCUT2D eigenvalue weighted by Crippen LogP contribution is 2.36. The molecule has 0 unspecified atom stereocenters. The van der Waals surface area contributed by atoms with Gasteiger partial charge < -0.3 is 10.3 Å². The number of rotatable bonds is 4. The van der Waals surface area contributed by atoms with Gasteiger partial charge in [0.25, 0.3) is 5.56 Å². The van der Waals surface area contributed by atoms with Crippen molar-refractivity contribution < 1.29 is 4.79 Å². The van der Waals surface area contributed by atoms with Crippen molar-refractivity contribution in [2.45, 2.75) is 75.2 Å². The average molecular weight is 392 g/mol. The molecule has 0 saturated heterocycles. The van der Waals surface area contributed by atoms with Gasteiger partial charge in [0.05, 0.1) is 10.6 Å². The molecule has 2 aliphatic rings. The maximum Gasteiger partial charge on any atom is 0.260 e. The first kappa shape index (κ1) is 18.0. The molecule has 0 aromatic carbocycles. The van der Waals surface area contributed by atoms with Crippen molar-refractivity contribution in [3.05, 3.63) is 20.8 Å². The van der Waals surface area contributed by atoms with Gasteiger partial charge in [-0.2, -0.15) is 0 Å². The van der Waals surface area contributed by atoms with Crippen molar-refractivity contribution in [1.29, 1.82) is 0 Å². The van der Waals surface area contributed by atoms with Crippen LogP contribution in [0.15, 0.2) is 9.95 Å². The van der Waals surface area contributed by atoms with Crippen molar-refractivity contribution in [3.63, 3.8) is 0 Å². The lowest BCUT2D eigenvalue weighted by atomic mass is 9.89. The lowest BCUT2D eigenvalue weighted by molar-refractivity contribution is -0.120. The van der Waals surface area contributed by atoms with Crippen LogP contribution in [0.5, 0.6) is 0 Å². The smallest absolute Gasteiger partial charge is 0.260 e. The topological polar surface area (TPSA) is 74.8 Å². The van der Waals surface area contributed by atoms with Crippen LogP contribution in [0, 0.1) is 5.92 Å². The van der Waals surface area contributed by atoms with Crippen molar-refractivity contribution in [2.24, 2.45) is 5.92 Å². The molecule has 2 N–H and O–H groups in total. The number of amides is 1. The van der Waals surface area contributed by atoms with Crippen molar-refractivity contribution in [2.75, 3.05) is 0 Å². The molecule has 7 heteroatoms. The predicted molar refractivity (Wildman–Crippen MR) is 107 cm³/mol. The number of thiophene rings is 1. The largest absolute Gasteiger partial charge is 0.352 e. The fourth-order valence-electron chi connectivity index (χ4n) is 3.99. The minimum Gasteiger partial charge on any atom is -0.352 e. The highest BCUT2D eigenvalue weighted by Gasteiger charge is 2.25. The normalized spacial score (nSPS) is 21.7. The van der Waals surface area contributed by atoms with E-state index in [9.17, 15) is 9.59 Å². The molecule has 2 aromatic rings. The Morgan fingerprint density at radius 1 is 1.35 bits per heavy atom. The lowest BCUT2D eigenvalue weighted by Crippen LogP contribution is -2.37. The molecule has 0 bridgehead atoms. The number of H-pyrrole nitrogens is 1. The fraction of sp³-hybridized carbons (Fsp3) is 0.632. The Balaban J connectivity index is 1.53. The summed E-state index contributed by atoms with van der Waals surface area (Å²) in [5.74, 6) is 0.701. The first-order valence-electron chi connectivity index (χ1n) is 9.53. The summed E-state index contributed by atoms with van der Waals surface area (Å²) in [5.41, 5.74) is 1.13. The second kappa shape index (κ2) is 7.35. The summed E-state index contributed by atoms with van der Waals surface area (Å²) >= 11 is 2.99. The number of hydrogen-bond acceptors (Lipinski definition) is 5. The quantitative estimate of drug-likeness (QED) is 0.616. The molecule has 0 radical (unpaired) electrons. The Morgan fingerprint density at radius 3 is 2.88 bits per heavy atom. The molecule has 0 spiro atoms. The Labute approximate surface area is 161 Å². The minimum atomic E-state index is -0.272. The van der Waals surface area contributed by atoms with Crippen LogP contribution in [0.1, 0.15) is 56.4 Å². The van der Waals surface area contributed by atoms with E-state index in [2.05, 4.69) is 22.2 Å². The molecule has 2 atom stereocenters. The summed E-state index contributed by atoms with van der Waals surface area (Å²) in [6, 6.07) is 0.311. The van der Waals surface area contributed by atoms with Gasteiger partial charge in [0.1, 0.15) is 4.83 Å². The summed E-state index contributed by atoms with van der Waals surface area (Å²) in [6.07, 6.45) is 7.67. The van der Waals surface area contributed by atoms with E-state index in [1.54, 1.807) is 11.3 Å². The number of fused-ring (bicyclic) bond motifs is 3. The summed E-state index contributed by atoms with van der Waals surface area (Å²) < 4.78 is 0. The van der Waals surface area contributed by atoms with Crippen LogP contribution in [-0.2, 0) is 17.6 Å². The third kappa shape index (κ3) is 3.56. The maximum absolute atomic E-state index is 12.6. The number of carbonyl (C=O) groups excluding carboxylic acids is 1. The van der Waals surface area contributed by atoms with E-state index in [-0.39, 0.29) is 16.7 Å². The van der Waals surface area contributed by atoms with Crippen molar-refractivity contribution in [3.8, 4) is 0 Å². The average Bonchev–Trinajstić information content (AvgIpc) is 3.21. The molecule has 1 amide bonds. The van der Waals surface area contributed by atoms with E-state index in [0.717, 1.165) is 42.3 Å². The van der Waals surface area contributed by atoms with Gasteiger partial charge in [0, 0.05) is 10.9 Å². The molecular formula is C19H25N3O2S2. The van der Waals surface area contributed by atoms with Crippen molar-refractivity contribution in [1.82, 2.24) is 15.3 Å². The SMILES string of the molecule is C[C@@H]1CCc2c(sc3nc(S[C@H](C)C(=O)NC4CCCC4)[nH]c(=O)c23)C1. The number of carbonyl (C=O) groups is 1. The number of thioether (sulfide) groups is 1. The number of aromatic amines is 1. The highest BCUT2D eigenvalue weighted by atomic mass is 32.2. The lowest BCUT2D eigenvalue weighted by Gasteiger charge is -2.17. The summed E-state index contributed by atoms with van der Waals surface area (Å²) in [4.78, 5) is 34.7. The molecule has 2 heterocycles. The molecule has 2 aromatic heterocycles. The third-order valence-corrected chi connectivity index (χ3v) is 7.64. The zero-order valence-corrected chi connectivity index (χ0v) is 16.9. The van der Waals surface area contributed by atoms with Crippen LogP contribution in [0.2, 0.25) is 0 Å². The molecule has 0 aliphatic heterocycles. The minimum absolute atomic E-state index is 0.0314. The van der Waals surface area contributed by atoms with Gasteiger partial charge in [-0.25, -0.2) is 4.98 Å². The van der Waals surface area contributed by atoms with Gasteiger partial charge in [0.15, 0.2) is 5.16 Å². The van der Waals surface area contributed by atoms with E-state index in [1.165, 1.54) is 35.0 Å². The zero-order chi connectivity index (χ0) is 18.3. The van der Waals surface area contributed by atoms with E-state index in [1.807, 2.05) is 6.92 Å². The van der Waals surface area contributed by atoms with E-state index >= 15 is 0 Å². The number of aryl methyl sites for hydroxylation is 1. The number of aromatic nitrogens is 2. The van der Waals surface area contributed by atoms with E-state index in [4.69, 9.17) is 0 Å². The second-order valence-electron chi connectivity index (χ2n) is 7.65. The summed E-state index contributed by atoms with van der Waals surface area (Å²) in [7, 11) is 0. The van der Waals surface area contributed by atoms with Gasteiger partial charge in [-0.1, -0.05) is 31.5 Å². The van der Waals surface area contributed by atoms with Crippen LogP contribution in [0.25, 0.3) is 10.2 Å². The number of nitrogens with one attached hydrogen (secondary N) is 2. The molecule has 140 valence electrons. The third-order valence-electron chi connectivity index (χ3n) is 5.50. The molecule has 26 heavy (non-hydrogen) atoms. The van der Waals surface area contributed by atoms with Crippen LogP contribution in [-0.4, -0.2) is 27.2 Å². The summed E-state index contributed by atoms with van der Waals surface area (Å²) in [5, 5.41) is 4.16. The Hall–Kier alpha value is -1.34. The van der Waals surface area contributed by atoms with Gasteiger partial charge in [-0.05, 0) is 50.5 Å².